The van der Waals surface area contributed by atoms with Gasteiger partial charge in [0.1, 0.15) is 13.2 Å². The van der Waals surface area contributed by atoms with Crippen LogP contribution in [0.1, 0.15) is 79.1 Å². The van der Waals surface area contributed by atoms with Crippen molar-refractivity contribution in [2.75, 3.05) is 26.4 Å². The van der Waals surface area contributed by atoms with Crippen LogP contribution >= 0.6 is 0 Å². The predicted molar refractivity (Wildman–Crippen MR) is 99.3 cm³/mol. The van der Waals surface area contributed by atoms with Crippen LogP contribution in [0.25, 0.3) is 0 Å². The van der Waals surface area contributed by atoms with Crippen molar-refractivity contribution in [2.45, 2.75) is 79.1 Å². The molecule has 2 atom stereocenters. The number of unbranched alkanes of at least 4 members (excludes halogenated alkanes) is 2. The molecule has 0 aliphatic rings. The second-order valence-electron chi connectivity index (χ2n) is 6.44. The molecule has 0 aliphatic heterocycles. The van der Waals surface area contributed by atoms with Gasteiger partial charge in [-0.15, -0.1) is 0 Å². The molecule has 0 saturated carbocycles. The highest BCUT2D eigenvalue weighted by Crippen LogP contribution is 2.15. The van der Waals surface area contributed by atoms with E-state index in [0.29, 0.717) is 13.2 Å². The second kappa shape index (κ2) is 16.4. The van der Waals surface area contributed by atoms with Gasteiger partial charge in [-0.2, -0.15) is 0 Å². The Morgan fingerprint density at radius 2 is 1.08 bits per heavy atom. The first-order valence-corrected chi connectivity index (χ1v) is 10.0. The predicted octanol–water partition coefficient (Wildman–Crippen LogP) is 4.52. The maximum absolute atomic E-state index is 11.9. The minimum atomic E-state index is -0.132. The summed E-state index contributed by atoms with van der Waals surface area (Å²) in [7, 11) is 0. The molecule has 0 heterocycles. The number of hydrogen-bond donors (Lipinski definition) is 0. The molecule has 25 heavy (non-hydrogen) atoms. The van der Waals surface area contributed by atoms with Gasteiger partial charge in [-0.1, -0.05) is 53.4 Å². The summed E-state index contributed by atoms with van der Waals surface area (Å²) in [5.74, 6) is -0.273. The lowest BCUT2D eigenvalue weighted by molar-refractivity contribution is -0.152. The molecule has 0 saturated heterocycles. The Morgan fingerprint density at radius 3 is 1.40 bits per heavy atom. The molecule has 5 heteroatoms. The molecule has 0 radical (unpaired) electrons. The first-order valence-electron chi connectivity index (χ1n) is 10.0. The molecule has 148 valence electrons. The number of ether oxygens (including phenoxy) is 3. The zero-order valence-corrected chi connectivity index (χ0v) is 16.7. The van der Waals surface area contributed by atoms with E-state index < -0.39 is 0 Å². The molecular formula is C20H38O5. The van der Waals surface area contributed by atoms with Crippen molar-refractivity contribution >= 4 is 11.9 Å². The van der Waals surface area contributed by atoms with Gasteiger partial charge in [-0.25, -0.2) is 0 Å². The third-order valence-corrected chi connectivity index (χ3v) is 4.41. The minimum absolute atomic E-state index is 0.00463. The van der Waals surface area contributed by atoms with Gasteiger partial charge in [-0.05, 0) is 25.7 Å². The Hall–Kier alpha value is -1.10. The van der Waals surface area contributed by atoms with Crippen LogP contribution < -0.4 is 0 Å². The lowest BCUT2D eigenvalue weighted by atomic mass is 10.00. The van der Waals surface area contributed by atoms with Gasteiger partial charge >= 0.3 is 11.9 Å². The van der Waals surface area contributed by atoms with Crippen molar-refractivity contribution in [1.29, 1.82) is 0 Å². The van der Waals surface area contributed by atoms with E-state index in [4.69, 9.17) is 14.2 Å². The van der Waals surface area contributed by atoms with Crippen LogP contribution in [0.15, 0.2) is 0 Å². The van der Waals surface area contributed by atoms with Crippen LogP contribution in [-0.2, 0) is 23.8 Å². The minimum Gasteiger partial charge on any atom is -0.463 e. The Kier molecular flexibility index (Phi) is 15.7. The summed E-state index contributed by atoms with van der Waals surface area (Å²) < 4.78 is 15.9. The van der Waals surface area contributed by atoms with Crippen LogP contribution in [0.2, 0.25) is 0 Å². The standard InChI is InChI=1S/C20H38O5/c1-5-9-11-17(7-3)19(21)24-15-13-23-14-16-25-20(22)18(8-4)12-10-6-2/h17-18H,5-16H2,1-4H3/t17-,18+. The normalized spacial score (nSPS) is 13.3. The van der Waals surface area contributed by atoms with E-state index >= 15 is 0 Å². The SMILES string of the molecule is CCCC[C@@H](CC)C(=O)OCCOCCOC(=O)[C@@H](CC)CCCC. The largest absolute Gasteiger partial charge is 0.463 e. The summed E-state index contributed by atoms with van der Waals surface area (Å²) in [5.41, 5.74) is 0. The molecule has 0 spiro atoms. The highest BCUT2D eigenvalue weighted by atomic mass is 16.6. The highest BCUT2D eigenvalue weighted by Gasteiger charge is 2.18. The van der Waals surface area contributed by atoms with Crippen molar-refractivity contribution < 1.29 is 23.8 Å². The summed E-state index contributed by atoms with van der Waals surface area (Å²) in [5, 5.41) is 0. The van der Waals surface area contributed by atoms with Gasteiger partial charge in [0.05, 0.1) is 25.0 Å². The fourth-order valence-electron chi connectivity index (χ4n) is 2.62. The van der Waals surface area contributed by atoms with Crippen LogP contribution in [0.4, 0.5) is 0 Å². The molecule has 0 fully saturated rings. The van der Waals surface area contributed by atoms with Crippen molar-refractivity contribution in [1.82, 2.24) is 0 Å². The average Bonchev–Trinajstić information content (AvgIpc) is 2.62. The quantitative estimate of drug-likeness (QED) is 0.300. The zero-order valence-electron chi connectivity index (χ0n) is 16.7. The Morgan fingerprint density at radius 1 is 0.680 bits per heavy atom. The molecule has 0 aliphatic carbocycles. The molecule has 0 rings (SSSR count). The van der Waals surface area contributed by atoms with E-state index in [9.17, 15) is 9.59 Å². The molecule has 0 amide bonds. The molecule has 0 aromatic heterocycles. The zero-order chi connectivity index (χ0) is 18.9. The van der Waals surface area contributed by atoms with E-state index in [2.05, 4.69) is 13.8 Å². The summed E-state index contributed by atoms with van der Waals surface area (Å²) in [6, 6.07) is 0. The molecule has 0 unspecified atom stereocenters. The lowest BCUT2D eigenvalue weighted by Crippen LogP contribution is -2.21. The smallest absolute Gasteiger partial charge is 0.308 e. The van der Waals surface area contributed by atoms with Gasteiger partial charge in [0.2, 0.25) is 0 Å². The topological polar surface area (TPSA) is 61.8 Å². The van der Waals surface area contributed by atoms with Gasteiger partial charge in [0.25, 0.3) is 0 Å². The molecule has 0 bridgehead atoms. The molecule has 5 nitrogen and oxygen atoms in total. The summed E-state index contributed by atoms with van der Waals surface area (Å²) in [4.78, 5) is 23.8. The number of esters is 2. The monoisotopic (exact) mass is 358 g/mol. The number of carbonyl (C=O) groups is 2. The van der Waals surface area contributed by atoms with Gasteiger partial charge in [-0.3, -0.25) is 9.59 Å². The summed E-state index contributed by atoms with van der Waals surface area (Å²) >= 11 is 0. The lowest BCUT2D eigenvalue weighted by Gasteiger charge is -2.14. The molecule has 0 aromatic rings. The van der Waals surface area contributed by atoms with Gasteiger partial charge in [0, 0.05) is 0 Å². The Balaban J connectivity index is 3.71. The van der Waals surface area contributed by atoms with E-state index in [1.165, 1.54) is 0 Å². The molecular weight excluding hydrogens is 320 g/mol. The van der Waals surface area contributed by atoms with Gasteiger partial charge in [0.15, 0.2) is 0 Å². The third-order valence-electron chi connectivity index (χ3n) is 4.41. The average molecular weight is 359 g/mol. The molecule has 0 aromatic carbocycles. The van der Waals surface area contributed by atoms with Crippen LogP contribution in [-0.4, -0.2) is 38.4 Å². The maximum atomic E-state index is 11.9. The Labute approximate surface area is 153 Å². The first-order chi connectivity index (χ1) is 12.1. The van der Waals surface area contributed by atoms with Crippen LogP contribution in [0.5, 0.6) is 0 Å². The highest BCUT2D eigenvalue weighted by molar-refractivity contribution is 5.72. The van der Waals surface area contributed by atoms with E-state index in [1.54, 1.807) is 0 Å². The second-order valence-corrected chi connectivity index (χ2v) is 6.44. The van der Waals surface area contributed by atoms with Crippen molar-refractivity contribution in [3.05, 3.63) is 0 Å². The van der Waals surface area contributed by atoms with Crippen molar-refractivity contribution in [3.63, 3.8) is 0 Å². The van der Waals surface area contributed by atoms with E-state index in [1.807, 2.05) is 13.8 Å². The number of hydrogen-bond acceptors (Lipinski definition) is 5. The van der Waals surface area contributed by atoms with Crippen molar-refractivity contribution in [2.24, 2.45) is 11.8 Å². The fraction of sp³-hybridized carbons (Fsp3) is 0.900. The van der Waals surface area contributed by atoms with E-state index in [0.717, 1.165) is 51.4 Å². The molecule has 0 N–H and O–H groups in total. The third kappa shape index (κ3) is 12.0. The van der Waals surface area contributed by atoms with Crippen LogP contribution in [0.3, 0.4) is 0 Å². The van der Waals surface area contributed by atoms with Gasteiger partial charge < -0.3 is 14.2 Å². The summed E-state index contributed by atoms with van der Waals surface area (Å²) in [6.45, 7) is 9.43. The fourth-order valence-corrected chi connectivity index (χ4v) is 2.62. The maximum Gasteiger partial charge on any atom is 0.308 e. The Bertz CT molecular complexity index is 311. The number of carbonyl (C=O) groups excluding carboxylic acids is 2. The van der Waals surface area contributed by atoms with Crippen molar-refractivity contribution in [3.8, 4) is 0 Å². The first kappa shape index (κ1) is 23.9. The van der Waals surface area contributed by atoms with Crippen LogP contribution in [0, 0.1) is 11.8 Å². The number of rotatable bonds is 16. The summed E-state index contributed by atoms with van der Waals surface area (Å²) in [6.07, 6.45) is 7.67. The van der Waals surface area contributed by atoms with E-state index in [-0.39, 0.29) is 37.0 Å².